The SMILES string of the molecule is O=C(NC1CC1)c1cc2sccc2n1Cc1ccc(F)cc1. The molecular weight excluding hydrogens is 299 g/mol. The van der Waals surface area contributed by atoms with Gasteiger partial charge in [-0.2, -0.15) is 0 Å². The van der Waals surface area contributed by atoms with Crippen molar-refractivity contribution in [3.05, 3.63) is 58.9 Å². The van der Waals surface area contributed by atoms with Crippen molar-refractivity contribution in [2.45, 2.75) is 25.4 Å². The smallest absolute Gasteiger partial charge is 0.268 e. The Morgan fingerprint density at radius 3 is 2.77 bits per heavy atom. The van der Waals surface area contributed by atoms with E-state index in [0.717, 1.165) is 28.6 Å². The third-order valence-electron chi connectivity index (χ3n) is 3.92. The van der Waals surface area contributed by atoms with Crippen molar-refractivity contribution in [1.29, 1.82) is 0 Å². The van der Waals surface area contributed by atoms with Gasteiger partial charge in [0.05, 0.1) is 10.2 Å². The second kappa shape index (κ2) is 5.25. The van der Waals surface area contributed by atoms with Crippen molar-refractivity contribution >= 4 is 27.5 Å². The molecule has 1 fully saturated rings. The number of halogens is 1. The maximum Gasteiger partial charge on any atom is 0.268 e. The van der Waals surface area contributed by atoms with Crippen molar-refractivity contribution in [3.63, 3.8) is 0 Å². The molecule has 3 nitrogen and oxygen atoms in total. The van der Waals surface area contributed by atoms with Crippen molar-refractivity contribution < 1.29 is 9.18 Å². The molecule has 2 aromatic heterocycles. The molecule has 1 aliphatic rings. The molecule has 22 heavy (non-hydrogen) atoms. The van der Waals surface area contributed by atoms with E-state index in [0.29, 0.717) is 18.3 Å². The summed E-state index contributed by atoms with van der Waals surface area (Å²) in [5.41, 5.74) is 2.71. The fraction of sp³-hybridized carbons (Fsp3) is 0.235. The second-order valence-corrected chi connectivity index (χ2v) is 6.61. The van der Waals surface area contributed by atoms with Gasteiger partial charge in [0.2, 0.25) is 0 Å². The first-order valence-corrected chi connectivity index (χ1v) is 8.21. The van der Waals surface area contributed by atoms with Gasteiger partial charge in [-0.05, 0) is 48.1 Å². The number of hydrogen-bond donors (Lipinski definition) is 1. The summed E-state index contributed by atoms with van der Waals surface area (Å²) in [7, 11) is 0. The molecule has 0 saturated heterocycles. The molecule has 0 atom stereocenters. The molecule has 2 heterocycles. The summed E-state index contributed by atoms with van der Waals surface area (Å²) in [6, 6.07) is 10.7. The van der Waals surface area contributed by atoms with Crippen LogP contribution in [-0.4, -0.2) is 16.5 Å². The van der Waals surface area contributed by atoms with Crippen LogP contribution in [-0.2, 0) is 6.54 Å². The Bertz CT molecular complexity index is 830. The fourth-order valence-corrected chi connectivity index (χ4v) is 3.42. The van der Waals surface area contributed by atoms with Crippen LogP contribution in [0, 0.1) is 5.82 Å². The van der Waals surface area contributed by atoms with Gasteiger partial charge < -0.3 is 9.88 Å². The molecule has 112 valence electrons. The van der Waals surface area contributed by atoms with Gasteiger partial charge in [0, 0.05) is 12.6 Å². The molecule has 0 spiro atoms. The van der Waals surface area contributed by atoms with E-state index in [1.807, 2.05) is 22.1 Å². The minimum absolute atomic E-state index is 0.0204. The predicted molar refractivity (Wildman–Crippen MR) is 85.8 cm³/mol. The van der Waals surface area contributed by atoms with E-state index >= 15 is 0 Å². The number of amides is 1. The molecule has 0 bridgehead atoms. The highest BCUT2D eigenvalue weighted by molar-refractivity contribution is 7.17. The number of hydrogen-bond acceptors (Lipinski definition) is 2. The first kappa shape index (κ1) is 13.5. The Balaban J connectivity index is 1.71. The summed E-state index contributed by atoms with van der Waals surface area (Å²) in [6.07, 6.45) is 2.14. The summed E-state index contributed by atoms with van der Waals surface area (Å²) in [5.74, 6) is -0.267. The lowest BCUT2D eigenvalue weighted by Crippen LogP contribution is -2.27. The van der Waals surface area contributed by atoms with Crippen LogP contribution in [0.3, 0.4) is 0 Å². The average molecular weight is 314 g/mol. The van der Waals surface area contributed by atoms with Crippen molar-refractivity contribution in [2.24, 2.45) is 0 Å². The number of carbonyl (C=O) groups excluding carboxylic acids is 1. The summed E-state index contributed by atoms with van der Waals surface area (Å²) >= 11 is 1.63. The van der Waals surface area contributed by atoms with Gasteiger partial charge in [-0.1, -0.05) is 12.1 Å². The van der Waals surface area contributed by atoms with Crippen LogP contribution in [0.4, 0.5) is 4.39 Å². The van der Waals surface area contributed by atoms with Gasteiger partial charge in [0.25, 0.3) is 5.91 Å². The van der Waals surface area contributed by atoms with Crippen LogP contribution in [0.25, 0.3) is 10.2 Å². The topological polar surface area (TPSA) is 34.0 Å². The zero-order valence-electron chi connectivity index (χ0n) is 11.9. The lowest BCUT2D eigenvalue weighted by atomic mass is 10.2. The Morgan fingerprint density at radius 2 is 2.05 bits per heavy atom. The quantitative estimate of drug-likeness (QED) is 0.781. The number of thiophene rings is 1. The summed E-state index contributed by atoms with van der Waals surface area (Å²) < 4.78 is 16.2. The van der Waals surface area contributed by atoms with E-state index in [-0.39, 0.29) is 11.7 Å². The van der Waals surface area contributed by atoms with Gasteiger partial charge in [0.1, 0.15) is 11.5 Å². The Labute approximate surface area is 131 Å². The molecule has 3 aromatic rings. The largest absolute Gasteiger partial charge is 0.348 e. The molecule has 5 heteroatoms. The van der Waals surface area contributed by atoms with Crippen molar-refractivity contribution in [3.8, 4) is 0 Å². The van der Waals surface area contributed by atoms with Gasteiger partial charge in [-0.3, -0.25) is 4.79 Å². The van der Waals surface area contributed by atoms with Crippen LogP contribution < -0.4 is 5.32 Å². The summed E-state index contributed by atoms with van der Waals surface area (Å²) in [4.78, 5) is 12.4. The van der Waals surface area contributed by atoms with Crippen LogP contribution in [0.5, 0.6) is 0 Å². The standard InChI is InChI=1S/C17H15FN2OS/c18-12-3-1-11(2-4-12)10-20-14-7-8-22-16(14)9-15(20)17(21)19-13-5-6-13/h1-4,7-9,13H,5-6,10H2,(H,19,21). The van der Waals surface area contributed by atoms with Gasteiger partial charge in [-0.15, -0.1) is 11.3 Å². The average Bonchev–Trinajstić information content (AvgIpc) is 3.08. The molecule has 0 unspecified atom stereocenters. The van der Waals surface area contributed by atoms with Crippen molar-refractivity contribution in [1.82, 2.24) is 9.88 Å². The summed E-state index contributed by atoms with van der Waals surface area (Å²) in [6.45, 7) is 0.563. The van der Waals surface area contributed by atoms with E-state index in [9.17, 15) is 9.18 Å². The highest BCUT2D eigenvalue weighted by Crippen LogP contribution is 2.27. The van der Waals surface area contributed by atoms with Crippen LogP contribution >= 0.6 is 11.3 Å². The first-order chi connectivity index (χ1) is 10.7. The normalized spacial score (nSPS) is 14.4. The lowest BCUT2D eigenvalue weighted by molar-refractivity contribution is 0.0942. The number of nitrogens with zero attached hydrogens (tertiary/aromatic N) is 1. The number of benzene rings is 1. The van der Waals surface area contributed by atoms with E-state index in [4.69, 9.17) is 0 Å². The highest BCUT2D eigenvalue weighted by Gasteiger charge is 2.26. The maximum absolute atomic E-state index is 13.1. The van der Waals surface area contributed by atoms with Gasteiger partial charge in [0.15, 0.2) is 0 Å². The third kappa shape index (κ3) is 2.52. The number of rotatable bonds is 4. The minimum Gasteiger partial charge on any atom is -0.348 e. The zero-order chi connectivity index (χ0) is 15.1. The Morgan fingerprint density at radius 1 is 1.27 bits per heavy atom. The minimum atomic E-state index is -0.247. The fourth-order valence-electron chi connectivity index (χ4n) is 2.59. The molecule has 0 radical (unpaired) electrons. The number of carbonyl (C=O) groups is 1. The van der Waals surface area contributed by atoms with Crippen LogP contribution in [0.2, 0.25) is 0 Å². The number of aromatic nitrogens is 1. The van der Waals surface area contributed by atoms with Crippen molar-refractivity contribution in [2.75, 3.05) is 0 Å². The predicted octanol–water partition coefficient (Wildman–Crippen LogP) is 3.78. The van der Waals surface area contributed by atoms with Gasteiger partial charge >= 0.3 is 0 Å². The van der Waals surface area contributed by atoms with E-state index < -0.39 is 0 Å². The molecule has 4 rings (SSSR count). The molecule has 1 aromatic carbocycles. The first-order valence-electron chi connectivity index (χ1n) is 7.33. The van der Waals surface area contributed by atoms with Crippen LogP contribution in [0.1, 0.15) is 28.9 Å². The Kier molecular flexibility index (Phi) is 3.22. The molecular formula is C17H15FN2OS. The molecule has 1 N–H and O–H groups in total. The highest BCUT2D eigenvalue weighted by atomic mass is 32.1. The molecule has 0 aliphatic heterocycles. The molecule has 1 amide bonds. The third-order valence-corrected chi connectivity index (χ3v) is 4.78. The number of nitrogens with one attached hydrogen (secondary N) is 1. The molecule has 1 aliphatic carbocycles. The van der Waals surface area contributed by atoms with E-state index in [2.05, 4.69) is 5.32 Å². The second-order valence-electron chi connectivity index (χ2n) is 5.66. The number of fused-ring (bicyclic) bond motifs is 1. The molecule has 1 saturated carbocycles. The zero-order valence-corrected chi connectivity index (χ0v) is 12.7. The van der Waals surface area contributed by atoms with E-state index in [1.165, 1.54) is 12.1 Å². The monoisotopic (exact) mass is 314 g/mol. The Hall–Kier alpha value is -2.14. The van der Waals surface area contributed by atoms with Gasteiger partial charge in [-0.25, -0.2) is 4.39 Å². The maximum atomic E-state index is 13.1. The lowest BCUT2D eigenvalue weighted by Gasteiger charge is -2.10. The van der Waals surface area contributed by atoms with Crippen LogP contribution in [0.15, 0.2) is 41.8 Å². The summed E-state index contributed by atoms with van der Waals surface area (Å²) in [5, 5.41) is 5.06. The van der Waals surface area contributed by atoms with E-state index in [1.54, 1.807) is 23.5 Å².